The van der Waals surface area contributed by atoms with Crippen molar-refractivity contribution in [2.45, 2.75) is 6.29 Å². The fourth-order valence-electron chi connectivity index (χ4n) is 1.44. The Hall–Kier alpha value is -1.34. The number of carbonyl (C=O) groups is 1. The summed E-state index contributed by atoms with van der Waals surface area (Å²) < 4.78 is 10.1. The number of urea groups is 1. The number of carbonyl (C=O) groups excluding carboxylic acids is 1. The second kappa shape index (κ2) is 7.30. The van der Waals surface area contributed by atoms with E-state index in [9.17, 15) is 4.79 Å². The summed E-state index contributed by atoms with van der Waals surface area (Å²) in [6, 6.07) is 6.28. The first-order valence-electron chi connectivity index (χ1n) is 5.60. The van der Waals surface area contributed by atoms with E-state index in [-0.39, 0.29) is 12.6 Å². The molecule has 0 spiro atoms. The Labute approximate surface area is 117 Å². The predicted octanol–water partition coefficient (Wildman–Crippen LogP) is 1.69. The van der Waals surface area contributed by atoms with Crippen molar-refractivity contribution >= 4 is 23.3 Å². The molecule has 7 heteroatoms. The number of halogens is 1. The van der Waals surface area contributed by atoms with Gasteiger partial charge in [0, 0.05) is 26.3 Å². The minimum absolute atomic E-state index is 0.271. The molecule has 106 valence electrons. The van der Waals surface area contributed by atoms with Gasteiger partial charge in [-0.05, 0) is 24.3 Å². The number of benzene rings is 1. The molecular formula is C12H18ClN3O3. The zero-order chi connectivity index (χ0) is 14.4. The molecule has 0 atom stereocenters. The van der Waals surface area contributed by atoms with E-state index in [1.165, 1.54) is 19.1 Å². The molecule has 2 amide bonds. The first-order valence-corrected chi connectivity index (χ1v) is 5.98. The lowest BCUT2D eigenvalue weighted by atomic mass is 10.3. The van der Waals surface area contributed by atoms with Gasteiger partial charge >= 0.3 is 6.03 Å². The largest absolute Gasteiger partial charge is 0.354 e. The van der Waals surface area contributed by atoms with Gasteiger partial charge in [-0.1, -0.05) is 11.6 Å². The summed E-state index contributed by atoms with van der Waals surface area (Å²) in [5.74, 6) is 5.77. The first-order chi connectivity index (χ1) is 8.99. The number of hydrogen-bond donors (Lipinski definition) is 1. The monoisotopic (exact) mass is 287 g/mol. The smallest absolute Gasteiger partial charge is 0.338 e. The lowest BCUT2D eigenvalue weighted by Crippen LogP contribution is -2.48. The van der Waals surface area contributed by atoms with E-state index in [0.29, 0.717) is 10.7 Å². The summed E-state index contributed by atoms with van der Waals surface area (Å²) in [6.45, 7) is 0.271. The minimum atomic E-state index is -0.493. The number of rotatable bonds is 5. The second-order valence-corrected chi connectivity index (χ2v) is 4.35. The molecule has 1 rings (SSSR count). The number of hydrazine groups is 1. The molecule has 0 unspecified atom stereocenters. The van der Waals surface area contributed by atoms with E-state index < -0.39 is 6.29 Å². The van der Waals surface area contributed by atoms with Gasteiger partial charge in [0.1, 0.15) is 0 Å². The Morgan fingerprint density at radius 1 is 1.32 bits per heavy atom. The summed E-state index contributed by atoms with van der Waals surface area (Å²) in [5, 5.41) is 1.62. The van der Waals surface area contributed by atoms with E-state index in [1.54, 1.807) is 31.3 Å². The Balaban J connectivity index is 2.68. The summed E-state index contributed by atoms with van der Waals surface area (Å²) >= 11 is 5.78. The van der Waals surface area contributed by atoms with Gasteiger partial charge in [0.25, 0.3) is 0 Å². The van der Waals surface area contributed by atoms with Crippen LogP contribution < -0.4 is 10.9 Å². The zero-order valence-electron chi connectivity index (χ0n) is 11.2. The first kappa shape index (κ1) is 15.7. The van der Waals surface area contributed by atoms with Crippen molar-refractivity contribution in [3.8, 4) is 0 Å². The molecule has 19 heavy (non-hydrogen) atoms. The van der Waals surface area contributed by atoms with Crippen molar-refractivity contribution in [3.63, 3.8) is 0 Å². The Morgan fingerprint density at radius 3 is 2.32 bits per heavy atom. The number of amides is 2. The highest BCUT2D eigenvalue weighted by molar-refractivity contribution is 6.30. The van der Waals surface area contributed by atoms with Crippen LogP contribution in [0.4, 0.5) is 10.5 Å². The topological polar surface area (TPSA) is 68.0 Å². The maximum Gasteiger partial charge on any atom is 0.338 e. The number of ether oxygens (including phenoxy) is 2. The van der Waals surface area contributed by atoms with Crippen molar-refractivity contribution in [3.05, 3.63) is 29.3 Å². The molecular weight excluding hydrogens is 270 g/mol. The van der Waals surface area contributed by atoms with Crippen LogP contribution in [0.15, 0.2) is 24.3 Å². The van der Waals surface area contributed by atoms with Crippen LogP contribution in [0.1, 0.15) is 0 Å². The summed E-state index contributed by atoms with van der Waals surface area (Å²) in [7, 11) is 4.63. The van der Waals surface area contributed by atoms with Crippen molar-refractivity contribution < 1.29 is 14.3 Å². The highest BCUT2D eigenvalue weighted by atomic mass is 35.5. The van der Waals surface area contributed by atoms with Gasteiger partial charge in [-0.15, -0.1) is 0 Å². The Bertz CT molecular complexity index is 409. The molecule has 0 saturated heterocycles. The third kappa shape index (κ3) is 4.36. The van der Waals surface area contributed by atoms with Crippen LogP contribution in [0.3, 0.4) is 0 Å². The standard InChI is InChI=1S/C12H18ClN3O3/c1-15(8-11(18-2)19-3)12(17)16(14)10-6-4-9(13)5-7-10/h4-7,11H,8,14H2,1-3H3. The van der Waals surface area contributed by atoms with Crippen LogP contribution in [0.2, 0.25) is 5.02 Å². The summed E-state index contributed by atoms with van der Waals surface area (Å²) in [4.78, 5) is 13.5. The van der Waals surface area contributed by atoms with Crippen LogP contribution in [-0.4, -0.2) is 45.0 Å². The lowest BCUT2D eigenvalue weighted by Gasteiger charge is -2.26. The van der Waals surface area contributed by atoms with Gasteiger partial charge in [-0.3, -0.25) is 0 Å². The number of likely N-dealkylation sites (N-methyl/N-ethyl adjacent to an activating group) is 1. The van der Waals surface area contributed by atoms with Gasteiger partial charge < -0.3 is 14.4 Å². The molecule has 0 fully saturated rings. The number of anilines is 1. The highest BCUT2D eigenvalue weighted by Crippen LogP contribution is 2.16. The molecule has 0 aliphatic heterocycles. The van der Waals surface area contributed by atoms with E-state index in [0.717, 1.165) is 5.01 Å². The van der Waals surface area contributed by atoms with Gasteiger partial charge in [-0.2, -0.15) is 0 Å². The minimum Gasteiger partial charge on any atom is -0.354 e. The quantitative estimate of drug-likeness (QED) is 0.387. The molecule has 0 heterocycles. The second-order valence-electron chi connectivity index (χ2n) is 3.91. The molecule has 1 aromatic carbocycles. The Morgan fingerprint density at radius 2 is 1.84 bits per heavy atom. The van der Waals surface area contributed by atoms with E-state index in [1.807, 2.05) is 0 Å². The average Bonchev–Trinajstić information content (AvgIpc) is 2.43. The number of hydrogen-bond acceptors (Lipinski definition) is 4. The molecule has 0 aromatic heterocycles. The molecule has 0 saturated carbocycles. The van der Waals surface area contributed by atoms with Gasteiger partial charge in [0.05, 0.1) is 12.2 Å². The average molecular weight is 288 g/mol. The van der Waals surface area contributed by atoms with Crippen LogP contribution in [0.5, 0.6) is 0 Å². The third-order valence-corrected chi connectivity index (χ3v) is 2.84. The van der Waals surface area contributed by atoms with E-state index >= 15 is 0 Å². The predicted molar refractivity (Wildman–Crippen MR) is 74.0 cm³/mol. The van der Waals surface area contributed by atoms with Crippen LogP contribution in [0.25, 0.3) is 0 Å². The van der Waals surface area contributed by atoms with Gasteiger partial charge in [0.2, 0.25) is 0 Å². The molecule has 0 radical (unpaired) electrons. The van der Waals surface area contributed by atoms with Crippen LogP contribution >= 0.6 is 11.6 Å². The van der Waals surface area contributed by atoms with E-state index in [2.05, 4.69) is 0 Å². The third-order valence-electron chi connectivity index (χ3n) is 2.59. The highest BCUT2D eigenvalue weighted by Gasteiger charge is 2.19. The van der Waals surface area contributed by atoms with Crippen molar-refractivity contribution in [1.29, 1.82) is 0 Å². The van der Waals surface area contributed by atoms with Crippen molar-refractivity contribution in [1.82, 2.24) is 4.90 Å². The molecule has 2 N–H and O–H groups in total. The number of nitrogens with two attached hydrogens (primary N) is 1. The SMILES string of the molecule is COC(CN(C)C(=O)N(N)c1ccc(Cl)cc1)OC. The van der Waals surface area contributed by atoms with Gasteiger partial charge in [-0.25, -0.2) is 15.6 Å². The normalized spacial score (nSPS) is 10.6. The van der Waals surface area contributed by atoms with Crippen molar-refractivity contribution in [2.75, 3.05) is 32.8 Å². The molecule has 0 aliphatic carbocycles. The Kier molecular flexibility index (Phi) is 6.04. The molecule has 1 aromatic rings. The van der Waals surface area contributed by atoms with Crippen LogP contribution in [0, 0.1) is 0 Å². The molecule has 0 aliphatic rings. The summed E-state index contributed by atoms with van der Waals surface area (Å²) in [5.41, 5.74) is 0.549. The molecule has 6 nitrogen and oxygen atoms in total. The van der Waals surface area contributed by atoms with Crippen molar-refractivity contribution in [2.24, 2.45) is 5.84 Å². The van der Waals surface area contributed by atoms with Crippen LogP contribution in [-0.2, 0) is 9.47 Å². The maximum absolute atomic E-state index is 12.1. The van der Waals surface area contributed by atoms with Gasteiger partial charge in [0.15, 0.2) is 6.29 Å². The fourth-order valence-corrected chi connectivity index (χ4v) is 1.57. The lowest BCUT2D eigenvalue weighted by molar-refractivity contribution is -0.109. The maximum atomic E-state index is 12.1. The zero-order valence-corrected chi connectivity index (χ0v) is 11.9. The van der Waals surface area contributed by atoms with E-state index in [4.69, 9.17) is 26.9 Å². The number of nitrogens with zero attached hydrogens (tertiary/aromatic N) is 2. The number of methoxy groups -OCH3 is 2. The fraction of sp³-hybridized carbons (Fsp3) is 0.417. The summed E-state index contributed by atoms with van der Waals surface area (Å²) in [6.07, 6.45) is -0.493. The molecule has 0 bridgehead atoms.